The average Bonchev–Trinajstić information content (AvgIpc) is 3.43. The number of carbonyl (C=O) groups is 2. The second-order valence-electron chi connectivity index (χ2n) is 6.30. The fraction of sp³-hybridized carbons (Fsp3) is 0.353. The standard InChI is InChI=1S/C17H17N3O3/c21-16(12-9-11(12)10-5-6-10)18-13-3-1-2-4-15(13)20-8-7-14(19-20)17(22)23/h1-4,7-8,10-12H,5-6,9H2,(H,18,21)(H,22,23)/t11-,12+/m1/s1. The maximum absolute atomic E-state index is 12.4. The second-order valence-corrected chi connectivity index (χ2v) is 6.30. The van der Waals surface area contributed by atoms with Crippen molar-refractivity contribution < 1.29 is 14.7 Å². The molecular weight excluding hydrogens is 294 g/mol. The molecule has 2 saturated carbocycles. The molecule has 6 nitrogen and oxygen atoms in total. The van der Waals surface area contributed by atoms with Crippen molar-refractivity contribution >= 4 is 17.6 Å². The number of carboxylic acids is 1. The van der Waals surface area contributed by atoms with E-state index in [1.165, 1.54) is 23.6 Å². The minimum Gasteiger partial charge on any atom is -0.476 e. The van der Waals surface area contributed by atoms with Crippen LogP contribution in [-0.2, 0) is 4.79 Å². The van der Waals surface area contributed by atoms with Crippen molar-refractivity contribution in [1.82, 2.24) is 9.78 Å². The number of aromatic nitrogens is 2. The predicted octanol–water partition coefficient (Wildman–Crippen LogP) is 2.56. The Kier molecular flexibility index (Phi) is 3.18. The lowest BCUT2D eigenvalue weighted by Gasteiger charge is -2.11. The molecule has 0 aliphatic heterocycles. The highest BCUT2D eigenvalue weighted by Gasteiger charge is 2.51. The van der Waals surface area contributed by atoms with Crippen LogP contribution in [0.1, 0.15) is 29.8 Å². The van der Waals surface area contributed by atoms with E-state index in [9.17, 15) is 9.59 Å². The molecule has 2 aliphatic carbocycles. The zero-order chi connectivity index (χ0) is 16.0. The maximum atomic E-state index is 12.4. The third kappa shape index (κ3) is 2.72. The lowest BCUT2D eigenvalue weighted by atomic mass is 10.2. The fourth-order valence-electron chi connectivity index (χ4n) is 3.14. The van der Waals surface area contributed by atoms with Crippen molar-refractivity contribution in [3.63, 3.8) is 0 Å². The van der Waals surface area contributed by atoms with Crippen molar-refractivity contribution in [1.29, 1.82) is 0 Å². The zero-order valence-electron chi connectivity index (χ0n) is 12.5. The Balaban J connectivity index is 1.54. The number of rotatable bonds is 5. The Hall–Kier alpha value is -2.63. The summed E-state index contributed by atoms with van der Waals surface area (Å²) < 4.78 is 1.48. The van der Waals surface area contributed by atoms with Gasteiger partial charge in [-0.2, -0.15) is 5.10 Å². The van der Waals surface area contributed by atoms with E-state index >= 15 is 0 Å². The van der Waals surface area contributed by atoms with Crippen LogP contribution < -0.4 is 5.32 Å². The van der Waals surface area contributed by atoms with Crippen LogP contribution >= 0.6 is 0 Å². The van der Waals surface area contributed by atoms with Crippen LogP contribution in [0, 0.1) is 17.8 Å². The summed E-state index contributed by atoms with van der Waals surface area (Å²) in [7, 11) is 0. The molecule has 1 heterocycles. The van der Waals surface area contributed by atoms with Gasteiger partial charge in [-0.15, -0.1) is 0 Å². The number of aromatic carboxylic acids is 1. The van der Waals surface area contributed by atoms with Gasteiger partial charge in [0.15, 0.2) is 5.69 Å². The molecule has 23 heavy (non-hydrogen) atoms. The van der Waals surface area contributed by atoms with Crippen LogP contribution in [0.4, 0.5) is 5.69 Å². The first-order chi connectivity index (χ1) is 11.1. The number of amides is 1. The molecule has 4 rings (SSSR count). The van der Waals surface area contributed by atoms with Crippen molar-refractivity contribution in [2.24, 2.45) is 17.8 Å². The molecule has 1 amide bonds. The molecule has 0 radical (unpaired) electrons. The van der Waals surface area contributed by atoms with Gasteiger partial charge in [0.05, 0.1) is 11.4 Å². The van der Waals surface area contributed by atoms with E-state index in [0.717, 1.165) is 12.3 Å². The lowest BCUT2D eigenvalue weighted by molar-refractivity contribution is -0.117. The van der Waals surface area contributed by atoms with Gasteiger partial charge in [0.2, 0.25) is 5.91 Å². The summed E-state index contributed by atoms with van der Waals surface area (Å²) in [4.78, 5) is 23.3. The first-order valence-corrected chi connectivity index (χ1v) is 7.82. The number of nitrogens with zero attached hydrogens (tertiary/aromatic N) is 2. The SMILES string of the molecule is O=C(O)c1ccn(-c2ccccc2NC(=O)[C@H]2C[C@@H]2C2CC2)n1. The van der Waals surface area contributed by atoms with Crippen LogP contribution in [0.5, 0.6) is 0 Å². The van der Waals surface area contributed by atoms with Crippen molar-refractivity contribution in [3.05, 3.63) is 42.2 Å². The number of nitrogens with one attached hydrogen (secondary N) is 1. The summed E-state index contributed by atoms with van der Waals surface area (Å²) in [5, 5.41) is 16.0. The molecule has 1 aromatic heterocycles. The smallest absolute Gasteiger partial charge is 0.356 e. The molecule has 0 spiro atoms. The fourth-order valence-corrected chi connectivity index (χ4v) is 3.14. The monoisotopic (exact) mass is 311 g/mol. The number of para-hydroxylation sites is 2. The molecule has 6 heteroatoms. The number of benzene rings is 1. The second kappa shape index (κ2) is 5.22. The first-order valence-electron chi connectivity index (χ1n) is 7.82. The normalized spacial score (nSPS) is 22.6. The van der Waals surface area contributed by atoms with Gasteiger partial charge >= 0.3 is 5.97 Å². The van der Waals surface area contributed by atoms with Gasteiger partial charge in [-0.05, 0) is 49.3 Å². The van der Waals surface area contributed by atoms with Crippen LogP contribution in [0.3, 0.4) is 0 Å². The molecule has 2 atom stereocenters. The van der Waals surface area contributed by atoms with Gasteiger partial charge in [-0.1, -0.05) is 12.1 Å². The number of carbonyl (C=O) groups excluding carboxylic acids is 1. The number of hydrogen-bond acceptors (Lipinski definition) is 3. The molecule has 2 aliphatic rings. The Morgan fingerprint density at radius 2 is 2.00 bits per heavy atom. The molecule has 0 bridgehead atoms. The van der Waals surface area contributed by atoms with Crippen molar-refractivity contribution in [3.8, 4) is 5.69 Å². The number of hydrogen-bond donors (Lipinski definition) is 2. The Bertz CT molecular complexity index is 779. The van der Waals surface area contributed by atoms with E-state index in [4.69, 9.17) is 5.11 Å². The van der Waals surface area contributed by atoms with Gasteiger partial charge in [0.25, 0.3) is 0 Å². The van der Waals surface area contributed by atoms with Gasteiger partial charge < -0.3 is 10.4 Å². The highest BCUT2D eigenvalue weighted by molar-refractivity contribution is 5.96. The third-order valence-corrected chi connectivity index (χ3v) is 4.62. The summed E-state index contributed by atoms with van der Waals surface area (Å²) >= 11 is 0. The van der Waals surface area contributed by atoms with Crippen LogP contribution in [0.25, 0.3) is 5.69 Å². The van der Waals surface area contributed by atoms with E-state index in [-0.39, 0.29) is 17.5 Å². The van der Waals surface area contributed by atoms with E-state index < -0.39 is 5.97 Å². The summed E-state index contributed by atoms with van der Waals surface area (Å²) in [6, 6.07) is 8.72. The molecule has 0 saturated heterocycles. The molecule has 1 aromatic carbocycles. The van der Waals surface area contributed by atoms with E-state index in [1.807, 2.05) is 18.2 Å². The minimum absolute atomic E-state index is 0.0258. The average molecular weight is 311 g/mol. The molecule has 0 unspecified atom stereocenters. The predicted molar refractivity (Wildman–Crippen MR) is 83.5 cm³/mol. The number of anilines is 1. The summed E-state index contributed by atoms with van der Waals surface area (Å²) in [5.74, 6) is 0.425. The summed E-state index contributed by atoms with van der Waals surface area (Å²) in [6.45, 7) is 0. The Labute approximate surface area is 133 Å². The van der Waals surface area contributed by atoms with Gasteiger partial charge in [-0.25, -0.2) is 9.48 Å². The first kappa shape index (κ1) is 14.0. The number of carboxylic acid groups (broad SMARTS) is 1. The van der Waals surface area contributed by atoms with Crippen LogP contribution in [0.2, 0.25) is 0 Å². The highest BCUT2D eigenvalue weighted by atomic mass is 16.4. The molecule has 118 valence electrons. The largest absolute Gasteiger partial charge is 0.476 e. The van der Waals surface area contributed by atoms with Crippen LogP contribution in [0.15, 0.2) is 36.5 Å². The van der Waals surface area contributed by atoms with E-state index in [0.29, 0.717) is 17.3 Å². The van der Waals surface area contributed by atoms with Gasteiger partial charge in [0.1, 0.15) is 0 Å². The van der Waals surface area contributed by atoms with Crippen LogP contribution in [-0.4, -0.2) is 26.8 Å². The quantitative estimate of drug-likeness (QED) is 0.889. The van der Waals surface area contributed by atoms with Gasteiger partial charge in [-0.3, -0.25) is 4.79 Å². The molecule has 2 aromatic rings. The van der Waals surface area contributed by atoms with E-state index in [1.54, 1.807) is 12.3 Å². The summed E-state index contributed by atoms with van der Waals surface area (Å²) in [6.07, 6.45) is 5.09. The van der Waals surface area contributed by atoms with Gasteiger partial charge in [0, 0.05) is 12.1 Å². The summed E-state index contributed by atoms with van der Waals surface area (Å²) in [5.41, 5.74) is 1.29. The highest BCUT2D eigenvalue weighted by Crippen LogP contribution is 2.54. The van der Waals surface area contributed by atoms with Crippen molar-refractivity contribution in [2.75, 3.05) is 5.32 Å². The Morgan fingerprint density at radius 3 is 2.70 bits per heavy atom. The minimum atomic E-state index is -1.07. The topological polar surface area (TPSA) is 84.2 Å². The lowest BCUT2D eigenvalue weighted by Crippen LogP contribution is -2.17. The Morgan fingerprint density at radius 1 is 1.22 bits per heavy atom. The maximum Gasteiger partial charge on any atom is 0.356 e. The third-order valence-electron chi connectivity index (χ3n) is 4.62. The van der Waals surface area contributed by atoms with Crippen molar-refractivity contribution in [2.45, 2.75) is 19.3 Å². The zero-order valence-corrected chi connectivity index (χ0v) is 12.5. The molecule has 2 N–H and O–H groups in total. The molecule has 2 fully saturated rings. The molecular formula is C17H17N3O3. The van der Waals surface area contributed by atoms with E-state index in [2.05, 4.69) is 10.4 Å².